The molecule has 1 heterocycles. The van der Waals surface area contributed by atoms with E-state index < -0.39 is 17.5 Å². The molecule has 0 bridgehead atoms. The monoisotopic (exact) mass is 331 g/mol. The molecule has 0 aliphatic heterocycles. The third kappa shape index (κ3) is 4.28. The highest BCUT2D eigenvalue weighted by Gasteiger charge is 2.27. The van der Waals surface area contributed by atoms with E-state index in [1.165, 1.54) is 11.0 Å². The summed E-state index contributed by atoms with van der Waals surface area (Å²) in [4.78, 5) is 24.8. The standard InChI is InChI=1S/C17H21N3O4/c1-17(2,3)20(16(22)23)10-13-8-9-14(24-13)15(21)19-12-6-4-11(18)5-7-12/h4-9H,10,18H2,1-3H3,(H,19,21)(H,22,23). The largest absolute Gasteiger partial charge is 0.465 e. The molecule has 128 valence electrons. The maximum atomic E-state index is 12.2. The number of carbonyl (C=O) groups is 2. The van der Waals surface area contributed by atoms with E-state index >= 15 is 0 Å². The van der Waals surface area contributed by atoms with E-state index in [1.54, 1.807) is 51.1 Å². The number of carboxylic acid groups (broad SMARTS) is 1. The number of nitrogen functional groups attached to an aromatic ring is 1. The van der Waals surface area contributed by atoms with Crippen molar-refractivity contribution < 1.29 is 19.1 Å². The van der Waals surface area contributed by atoms with Crippen molar-refractivity contribution in [1.82, 2.24) is 4.90 Å². The first kappa shape index (κ1) is 17.4. The van der Waals surface area contributed by atoms with E-state index in [0.29, 0.717) is 17.1 Å². The van der Waals surface area contributed by atoms with Gasteiger partial charge in [0.15, 0.2) is 5.76 Å². The van der Waals surface area contributed by atoms with Gasteiger partial charge in [0.05, 0.1) is 6.54 Å². The van der Waals surface area contributed by atoms with Gasteiger partial charge in [0, 0.05) is 16.9 Å². The highest BCUT2D eigenvalue weighted by molar-refractivity contribution is 6.02. The lowest BCUT2D eigenvalue weighted by atomic mass is 10.1. The molecule has 0 saturated heterocycles. The van der Waals surface area contributed by atoms with Crippen LogP contribution in [0, 0.1) is 0 Å². The molecule has 0 aliphatic carbocycles. The van der Waals surface area contributed by atoms with Crippen LogP contribution in [0.3, 0.4) is 0 Å². The Hall–Kier alpha value is -2.96. The quantitative estimate of drug-likeness (QED) is 0.744. The Labute approximate surface area is 140 Å². The zero-order chi connectivity index (χ0) is 17.9. The molecule has 0 aliphatic rings. The van der Waals surface area contributed by atoms with Crippen LogP contribution in [0.2, 0.25) is 0 Å². The van der Waals surface area contributed by atoms with Crippen LogP contribution in [0.15, 0.2) is 40.8 Å². The average molecular weight is 331 g/mol. The third-order valence-electron chi connectivity index (χ3n) is 3.41. The van der Waals surface area contributed by atoms with Crippen molar-refractivity contribution in [2.24, 2.45) is 0 Å². The molecule has 2 aromatic rings. The van der Waals surface area contributed by atoms with Crippen molar-refractivity contribution in [3.8, 4) is 0 Å². The smallest absolute Gasteiger partial charge is 0.408 e. The van der Waals surface area contributed by atoms with Crippen molar-refractivity contribution >= 4 is 23.4 Å². The zero-order valence-electron chi connectivity index (χ0n) is 13.9. The molecule has 0 radical (unpaired) electrons. The molecular weight excluding hydrogens is 310 g/mol. The summed E-state index contributed by atoms with van der Waals surface area (Å²) in [6.45, 7) is 5.43. The molecule has 0 atom stereocenters. The van der Waals surface area contributed by atoms with Gasteiger partial charge >= 0.3 is 6.09 Å². The lowest BCUT2D eigenvalue weighted by Crippen LogP contribution is -2.44. The number of anilines is 2. The lowest BCUT2D eigenvalue weighted by molar-refractivity contribution is 0.0896. The SMILES string of the molecule is CC(C)(C)N(Cc1ccc(C(=O)Nc2ccc(N)cc2)o1)C(=O)O. The molecule has 2 amide bonds. The molecule has 0 saturated carbocycles. The van der Waals surface area contributed by atoms with Crippen LogP contribution in [-0.2, 0) is 6.54 Å². The van der Waals surface area contributed by atoms with Gasteiger partial charge in [-0.2, -0.15) is 0 Å². The van der Waals surface area contributed by atoms with Gasteiger partial charge in [-0.1, -0.05) is 0 Å². The minimum Gasteiger partial charge on any atom is -0.465 e. The van der Waals surface area contributed by atoms with Crippen LogP contribution in [0.25, 0.3) is 0 Å². The number of hydrogen-bond acceptors (Lipinski definition) is 4. The fourth-order valence-electron chi connectivity index (χ4n) is 2.09. The summed E-state index contributed by atoms with van der Waals surface area (Å²) >= 11 is 0. The highest BCUT2D eigenvalue weighted by atomic mass is 16.4. The molecule has 24 heavy (non-hydrogen) atoms. The van der Waals surface area contributed by atoms with Gasteiger partial charge in [-0.05, 0) is 57.2 Å². The van der Waals surface area contributed by atoms with Gasteiger partial charge in [-0.25, -0.2) is 4.79 Å². The number of nitrogens with one attached hydrogen (secondary N) is 1. The summed E-state index contributed by atoms with van der Waals surface area (Å²) in [7, 11) is 0. The topological polar surface area (TPSA) is 109 Å². The number of rotatable bonds is 4. The number of benzene rings is 1. The Balaban J connectivity index is 2.08. The minimum atomic E-state index is -1.05. The van der Waals surface area contributed by atoms with Gasteiger partial charge < -0.3 is 20.6 Å². The Morgan fingerprint density at radius 2 is 1.79 bits per heavy atom. The number of amides is 2. The maximum absolute atomic E-state index is 12.2. The Morgan fingerprint density at radius 3 is 2.33 bits per heavy atom. The van der Waals surface area contributed by atoms with Crippen LogP contribution in [0.4, 0.5) is 16.2 Å². The molecule has 0 spiro atoms. The van der Waals surface area contributed by atoms with E-state index in [0.717, 1.165) is 0 Å². The van der Waals surface area contributed by atoms with Crippen molar-refractivity contribution in [3.63, 3.8) is 0 Å². The molecule has 7 heteroatoms. The van der Waals surface area contributed by atoms with E-state index in [9.17, 15) is 14.7 Å². The molecular formula is C17H21N3O4. The van der Waals surface area contributed by atoms with Gasteiger partial charge in [0.2, 0.25) is 0 Å². The van der Waals surface area contributed by atoms with E-state index in [1.807, 2.05) is 0 Å². The molecule has 1 aromatic heterocycles. The second kappa shape index (κ2) is 6.66. The minimum absolute atomic E-state index is 0.0635. The summed E-state index contributed by atoms with van der Waals surface area (Å²) in [6.07, 6.45) is -1.05. The van der Waals surface area contributed by atoms with E-state index in [2.05, 4.69) is 5.32 Å². The fourth-order valence-corrected chi connectivity index (χ4v) is 2.09. The predicted molar refractivity (Wildman–Crippen MR) is 90.8 cm³/mol. The second-order valence-electron chi connectivity index (χ2n) is 6.38. The number of nitrogens with two attached hydrogens (primary N) is 1. The van der Waals surface area contributed by atoms with Crippen LogP contribution in [-0.4, -0.2) is 27.5 Å². The van der Waals surface area contributed by atoms with Crippen molar-refractivity contribution in [1.29, 1.82) is 0 Å². The number of carbonyl (C=O) groups excluding carboxylic acids is 1. The number of nitrogens with zero attached hydrogens (tertiary/aromatic N) is 1. The zero-order valence-corrected chi connectivity index (χ0v) is 13.9. The Kier molecular flexibility index (Phi) is 4.82. The molecule has 4 N–H and O–H groups in total. The van der Waals surface area contributed by atoms with Gasteiger partial charge in [-0.3, -0.25) is 9.69 Å². The van der Waals surface area contributed by atoms with E-state index in [-0.39, 0.29) is 12.3 Å². The van der Waals surface area contributed by atoms with Crippen LogP contribution >= 0.6 is 0 Å². The summed E-state index contributed by atoms with van der Waals surface area (Å²) in [5.41, 5.74) is 6.21. The predicted octanol–water partition coefficient (Wildman–Crippen LogP) is 3.39. The second-order valence-corrected chi connectivity index (χ2v) is 6.38. The highest BCUT2D eigenvalue weighted by Crippen LogP contribution is 2.20. The van der Waals surface area contributed by atoms with Gasteiger partial charge in [0.1, 0.15) is 5.76 Å². The average Bonchev–Trinajstić information content (AvgIpc) is 2.94. The van der Waals surface area contributed by atoms with Crippen LogP contribution < -0.4 is 11.1 Å². The summed E-state index contributed by atoms with van der Waals surface area (Å²) in [5.74, 6) is 0.0968. The first-order valence-electron chi connectivity index (χ1n) is 7.43. The normalized spacial score (nSPS) is 11.1. The number of hydrogen-bond donors (Lipinski definition) is 3. The van der Waals surface area contributed by atoms with Gasteiger partial charge in [0.25, 0.3) is 5.91 Å². The first-order chi connectivity index (χ1) is 11.2. The number of furan rings is 1. The van der Waals surface area contributed by atoms with Crippen LogP contribution in [0.5, 0.6) is 0 Å². The summed E-state index contributed by atoms with van der Waals surface area (Å²) in [6, 6.07) is 9.84. The third-order valence-corrected chi connectivity index (χ3v) is 3.41. The van der Waals surface area contributed by atoms with Crippen LogP contribution in [0.1, 0.15) is 37.1 Å². The first-order valence-corrected chi connectivity index (χ1v) is 7.43. The Morgan fingerprint density at radius 1 is 1.17 bits per heavy atom. The molecule has 0 fully saturated rings. The molecule has 7 nitrogen and oxygen atoms in total. The molecule has 1 aromatic carbocycles. The summed E-state index contributed by atoms with van der Waals surface area (Å²) in [5, 5.41) is 12.0. The molecule has 2 rings (SSSR count). The van der Waals surface area contributed by atoms with Crippen molar-refractivity contribution in [3.05, 3.63) is 47.9 Å². The fraction of sp³-hybridized carbons (Fsp3) is 0.294. The Bertz CT molecular complexity index is 729. The van der Waals surface area contributed by atoms with Crippen molar-refractivity contribution in [2.45, 2.75) is 32.9 Å². The molecule has 0 unspecified atom stereocenters. The van der Waals surface area contributed by atoms with Crippen molar-refractivity contribution in [2.75, 3.05) is 11.1 Å². The van der Waals surface area contributed by atoms with E-state index in [4.69, 9.17) is 10.2 Å². The van der Waals surface area contributed by atoms with Gasteiger partial charge in [-0.15, -0.1) is 0 Å². The lowest BCUT2D eigenvalue weighted by Gasteiger charge is -2.32. The summed E-state index contributed by atoms with van der Waals surface area (Å²) < 4.78 is 5.48. The maximum Gasteiger partial charge on any atom is 0.408 e.